The third-order valence-corrected chi connectivity index (χ3v) is 3.28. The zero-order valence-electron chi connectivity index (χ0n) is 11.1. The smallest absolute Gasteiger partial charge is 0.216 e. The van der Waals surface area contributed by atoms with Crippen LogP contribution in [0, 0.1) is 5.92 Å². The third kappa shape index (κ3) is 3.17. The summed E-state index contributed by atoms with van der Waals surface area (Å²) in [5.74, 6) is 1.08. The summed E-state index contributed by atoms with van der Waals surface area (Å²) in [6.07, 6.45) is 3.85. The van der Waals surface area contributed by atoms with Crippen molar-refractivity contribution in [2.45, 2.75) is 25.8 Å². The molecule has 100 valence electrons. The molecule has 2 unspecified atom stereocenters. The lowest BCUT2D eigenvalue weighted by molar-refractivity contribution is 0.0386. The monoisotopic (exact) mass is 251 g/mol. The fourth-order valence-corrected chi connectivity index (χ4v) is 2.40. The van der Waals surface area contributed by atoms with Crippen LogP contribution in [-0.2, 0) is 4.74 Å². The Labute approximate surface area is 108 Å². The summed E-state index contributed by atoms with van der Waals surface area (Å²) in [6.45, 7) is 4.69. The molecule has 5 heteroatoms. The van der Waals surface area contributed by atoms with Gasteiger partial charge in [0.1, 0.15) is 6.33 Å². The number of hydrogen-bond donors (Lipinski definition) is 1. The van der Waals surface area contributed by atoms with Crippen LogP contribution in [0.5, 0.6) is 5.88 Å². The fraction of sp³-hybridized carbons (Fsp3) is 0.692. The van der Waals surface area contributed by atoms with Gasteiger partial charge in [0.2, 0.25) is 5.88 Å². The lowest BCUT2D eigenvalue weighted by atomic mass is 9.91. The van der Waals surface area contributed by atoms with Crippen molar-refractivity contribution in [3.63, 3.8) is 0 Å². The maximum Gasteiger partial charge on any atom is 0.216 e. The first-order valence-corrected chi connectivity index (χ1v) is 6.52. The maximum absolute atomic E-state index is 5.57. The van der Waals surface area contributed by atoms with Crippen molar-refractivity contribution in [2.75, 3.05) is 26.9 Å². The van der Waals surface area contributed by atoms with Gasteiger partial charge in [-0.2, -0.15) is 0 Å². The lowest BCUT2D eigenvalue weighted by Crippen LogP contribution is -2.34. The molecule has 1 aromatic rings. The van der Waals surface area contributed by atoms with E-state index in [1.807, 2.05) is 6.07 Å². The second-order valence-corrected chi connectivity index (χ2v) is 4.50. The first kappa shape index (κ1) is 13.2. The molecule has 2 heterocycles. The Kier molecular flexibility index (Phi) is 4.90. The number of aromatic nitrogens is 2. The average Bonchev–Trinajstić information content (AvgIpc) is 2.46. The summed E-state index contributed by atoms with van der Waals surface area (Å²) in [6, 6.07) is 2.12. The molecule has 5 nitrogen and oxygen atoms in total. The first-order valence-electron chi connectivity index (χ1n) is 6.52. The summed E-state index contributed by atoms with van der Waals surface area (Å²) >= 11 is 0. The topological polar surface area (TPSA) is 56.3 Å². The van der Waals surface area contributed by atoms with Gasteiger partial charge < -0.3 is 14.8 Å². The molecular weight excluding hydrogens is 230 g/mol. The Morgan fingerprint density at radius 1 is 1.56 bits per heavy atom. The molecule has 0 spiro atoms. The Morgan fingerprint density at radius 3 is 3.11 bits per heavy atom. The van der Waals surface area contributed by atoms with Crippen molar-refractivity contribution >= 4 is 0 Å². The van der Waals surface area contributed by atoms with Gasteiger partial charge in [-0.1, -0.05) is 6.92 Å². The quantitative estimate of drug-likeness (QED) is 0.860. The van der Waals surface area contributed by atoms with Crippen molar-refractivity contribution in [3.8, 4) is 5.88 Å². The minimum atomic E-state index is 0.215. The van der Waals surface area contributed by atoms with Gasteiger partial charge in [0.05, 0.1) is 25.5 Å². The van der Waals surface area contributed by atoms with Crippen LogP contribution in [0.3, 0.4) is 0 Å². The van der Waals surface area contributed by atoms with Crippen LogP contribution < -0.4 is 10.1 Å². The highest BCUT2D eigenvalue weighted by atomic mass is 16.5. The number of nitrogens with one attached hydrogen (secondary N) is 1. The minimum Gasteiger partial charge on any atom is -0.481 e. The standard InChI is InChI=1S/C13H21N3O2/c1-3-14-13(10-5-4-6-18-8-10)11-7-12(17-2)16-9-15-11/h7,9-10,13-14H,3-6,8H2,1-2H3. The first-order chi connectivity index (χ1) is 8.85. The zero-order valence-corrected chi connectivity index (χ0v) is 11.1. The van der Waals surface area contributed by atoms with E-state index in [1.54, 1.807) is 13.4 Å². The summed E-state index contributed by atoms with van der Waals surface area (Å²) in [4.78, 5) is 8.43. The summed E-state index contributed by atoms with van der Waals surface area (Å²) in [7, 11) is 1.62. The van der Waals surface area contributed by atoms with E-state index in [1.165, 1.54) is 6.42 Å². The molecule has 1 aliphatic rings. The maximum atomic E-state index is 5.57. The molecule has 2 atom stereocenters. The normalized spacial score (nSPS) is 21.6. The van der Waals surface area contributed by atoms with Gasteiger partial charge >= 0.3 is 0 Å². The van der Waals surface area contributed by atoms with Crippen LogP contribution in [0.2, 0.25) is 0 Å². The van der Waals surface area contributed by atoms with E-state index in [0.29, 0.717) is 11.8 Å². The van der Waals surface area contributed by atoms with E-state index in [2.05, 4.69) is 22.2 Å². The molecule has 1 aromatic heterocycles. The van der Waals surface area contributed by atoms with E-state index >= 15 is 0 Å². The van der Waals surface area contributed by atoms with E-state index in [9.17, 15) is 0 Å². The van der Waals surface area contributed by atoms with Gasteiger partial charge in [-0.15, -0.1) is 0 Å². The molecule has 0 amide bonds. The average molecular weight is 251 g/mol. The molecule has 0 saturated carbocycles. The number of methoxy groups -OCH3 is 1. The highest BCUT2D eigenvalue weighted by molar-refractivity contribution is 5.17. The fourth-order valence-electron chi connectivity index (χ4n) is 2.40. The van der Waals surface area contributed by atoms with Gasteiger partial charge in [0.25, 0.3) is 0 Å². The lowest BCUT2D eigenvalue weighted by Gasteiger charge is -2.30. The largest absolute Gasteiger partial charge is 0.481 e. The van der Waals surface area contributed by atoms with E-state index in [4.69, 9.17) is 9.47 Å². The Morgan fingerprint density at radius 2 is 2.44 bits per heavy atom. The van der Waals surface area contributed by atoms with Crippen LogP contribution in [0.4, 0.5) is 0 Å². The van der Waals surface area contributed by atoms with Crippen LogP contribution in [0.15, 0.2) is 12.4 Å². The van der Waals surface area contributed by atoms with Gasteiger partial charge in [-0.05, 0) is 19.4 Å². The molecule has 0 bridgehead atoms. The van der Waals surface area contributed by atoms with Gasteiger partial charge in [0.15, 0.2) is 0 Å². The number of hydrogen-bond acceptors (Lipinski definition) is 5. The predicted molar refractivity (Wildman–Crippen MR) is 68.5 cm³/mol. The van der Waals surface area contributed by atoms with E-state index in [-0.39, 0.29) is 6.04 Å². The molecule has 1 N–H and O–H groups in total. The highest BCUT2D eigenvalue weighted by Crippen LogP contribution is 2.28. The molecule has 0 aliphatic carbocycles. The Hall–Kier alpha value is -1.20. The van der Waals surface area contributed by atoms with Crippen molar-refractivity contribution in [2.24, 2.45) is 5.92 Å². The number of rotatable bonds is 5. The summed E-state index contributed by atoms with van der Waals surface area (Å²) in [5, 5.41) is 3.49. The van der Waals surface area contributed by atoms with E-state index < -0.39 is 0 Å². The molecule has 18 heavy (non-hydrogen) atoms. The Bertz CT molecular complexity index is 367. The molecule has 1 aliphatic heterocycles. The summed E-state index contributed by atoms with van der Waals surface area (Å²) < 4.78 is 10.7. The van der Waals surface area contributed by atoms with E-state index in [0.717, 1.165) is 31.9 Å². The zero-order chi connectivity index (χ0) is 12.8. The molecule has 2 rings (SSSR count). The third-order valence-electron chi connectivity index (χ3n) is 3.28. The minimum absolute atomic E-state index is 0.215. The second-order valence-electron chi connectivity index (χ2n) is 4.50. The molecule has 0 aromatic carbocycles. The van der Waals surface area contributed by atoms with Crippen LogP contribution in [-0.4, -0.2) is 36.8 Å². The Balaban J connectivity index is 2.16. The van der Waals surface area contributed by atoms with Gasteiger partial charge in [0, 0.05) is 18.6 Å². The van der Waals surface area contributed by atoms with Crippen molar-refractivity contribution < 1.29 is 9.47 Å². The van der Waals surface area contributed by atoms with Crippen molar-refractivity contribution in [3.05, 3.63) is 18.1 Å². The van der Waals surface area contributed by atoms with Crippen molar-refractivity contribution in [1.82, 2.24) is 15.3 Å². The second kappa shape index (κ2) is 6.66. The van der Waals surface area contributed by atoms with Crippen LogP contribution in [0.1, 0.15) is 31.5 Å². The molecule has 0 radical (unpaired) electrons. The number of nitrogens with zero attached hydrogens (tertiary/aromatic N) is 2. The SMILES string of the molecule is CCNC(c1cc(OC)ncn1)C1CCCOC1. The highest BCUT2D eigenvalue weighted by Gasteiger charge is 2.26. The molecular formula is C13H21N3O2. The van der Waals surface area contributed by atoms with Crippen LogP contribution >= 0.6 is 0 Å². The molecule has 1 fully saturated rings. The van der Waals surface area contributed by atoms with Crippen LogP contribution in [0.25, 0.3) is 0 Å². The van der Waals surface area contributed by atoms with Gasteiger partial charge in [-0.25, -0.2) is 9.97 Å². The summed E-state index contributed by atoms with van der Waals surface area (Å²) in [5.41, 5.74) is 0.985. The van der Waals surface area contributed by atoms with Gasteiger partial charge in [-0.3, -0.25) is 0 Å². The number of ether oxygens (including phenoxy) is 2. The predicted octanol–water partition coefficient (Wildman–Crippen LogP) is 1.56. The van der Waals surface area contributed by atoms with Crippen molar-refractivity contribution in [1.29, 1.82) is 0 Å². The molecule has 1 saturated heterocycles.